The van der Waals surface area contributed by atoms with Crippen molar-refractivity contribution in [2.45, 2.75) is 55.8 Å². The topological polar surface area (TPSA) is 65.7 Å². The third-order valence-electron chi connectivity index (χ3n) is 5.42. The van der Waals surface area contributed by atoms with Crippen LogP contribution in [0.25, 0.3) is 0 Å². The van der Waals surface area contributed by atoms with Crippen LogP contribution in [0.2, 0.25) is 0 Å². The summed E-state index contributed by atoms with van der Waals surface area (Å²) in [6.45, 7) is 2.37. The molecule has 1 saturated carbocycles. The number of ether oxygens (including phenoxy) is 3. The standard InChI is InChI=1S/C14H26N2O3/c1-17-14(4-2-5-14)12(16-15)11-3-7-19-13(9-11)6-8-18-10-13/h11-12,16H,2-10,15H2,1H3. The van der Waals surface area contributed by atoms with E-state index in [4.69, 9.17) is 20.1 Å². The van der Waals surface area contributed by atoms with Gasteiger partial charge in [-0.05, 0) is 38.0 Å². The first-order chi connectivity index (χ1) is 9.24. The number of hydrazine groups is 1. The summed E-state index contributed by atoms with van der Waals surface area (Å²) in [6, 6.07) is 0.229. The fourth-order valence-electron chi connectivity index (χ4n) is 4.10. The van der Waals surface area contributed by atoms with Gasteiger partial charge in [0.15, 0.2) is 0 Å². The molecule has 19 heavy (non-hydrogen) atoms. The van der Waals surface area contributed by atoms with E-state index < -0.39 is 0 Å². The molecule has 1 spiro atoms. The Morgan fingerprint density at radius 3 is 2.68 bits per heavy atom. The first-order valence-corrected chi connectivity index (χ1v) is 7.47. The largest absolute Gasteiger partial charge is 0.378 e. The molecule has 3 N–H and O–H groups in total. The molecule has 2 aliphatic heterocycles. The fraction of sp³-hybridized carbons (Fsp3) is 1.00. The lowest BCUT2D eigenvalue weighted by Gasteiger charge is -2.51. The van der Waals surface area contributed by atoms with Gasteiger partial charge >= 0.3 is 0 Å². The van der Waals surface area contributed by atoms with Crippen LogP contribution in [0.5, 0.6) is 0 Å². The quantitative estimate of drug-likeness (QED) is 0.589. The smallest absolute Gasteiger partial charge is 0.0939 e. The monoisotopic (exact) mass is 270 g/mol. The molecular weight excluding hydrogens is 244 g/mol. The Kier molecular flexibility index (Phi) is 3.84. The molecule has 110 valence electrons. The number of hydrogen-bond donors (Lipinski definition) is 2. The summed E-state index contributed by atoms with van der Waals surface area (Å²) in [4.78, 5) is 0. The van der Waals surface area contributed by atoms with Gasteiger partial charge in [0.2, 0.25) is 0 Å². The van der Waals surface area contributed by atoms with Crippen LogP contribution in [0.3, 0.4) is 0 Å². The summed E-state index contributed by atoms with van der Waals surface area (Å²) in [5.41, 5.74) is 2.93. The van der Waals surface area contributed by atoms with Gasteiger partial charge in [-0.3, -0.25) is 11.3 Å². The minimum absolute atomic E-state index is 0.0581. The zero-order valence-corrected chi connectivity index (χ0v) is 11.8. The summed E-state index contributed by atoms with van der Waals surface area (Å²) in [7, 11) is 1.82. The number of nitrogens with two attached hydrogens (primary N) is 1. The Hall–Kier alpha value is -0.200. The highest BCUT2D eigenvalue weighted by Crippen LogP contribution is 2.45. The summed E-state index contributed by atoms with van der Waals surface area (Å²) in [6.07, 6.45) is 6.57. The van der Waals surface area contributed by atoms with Gasteiger partial charge in [0.25, 0.3) is 0 Å². The number of nitrogens with one attached hydrogen (secondary N) is 1. The zero-order chi connectivity index (χ0) is 13.3. The van der Waals surface area contributed by atoms with Crippen molar-refractivity contribution in [1.82, 2.24) is 5.43 Å². The van der Waals surface area contributed by atoms with Crippen LogP contribution in [0.1, 0.15) is 38.5 Å². The molecule has 0 aromatic rings. The SMILES string of the molecule is COC1(C(NN)C2CCOC3(CCOC3)C2)CCC1. The van der Waals surface area contributed by atoms with Crippen LogP contribution >= 0.6 is 0 Å². The first kappa shape index (κ1) is 13.8. The van der Waals surface area contributed by atoms with E-state index in [0.717, 1.165) is 51.9 Å². The van der Waals surface area contributed by atoms with E-state index in [2.05, 4.69) is 5.43 Å². The molecule has 1 aliphatic carbocycles. The van der Waals surface area contributed by atoms with E-state index in [1.54, 1.807) is 0 Å². The average Bonchev–Trinajstić information content (AvgIpc) is 2.81. The minimum atomic E-state index is -0.0588. The number of methoxy groups -OCH3 is 1. The Labute approximate surface area is 115 Å². The van der Waals surface area contributed by atoms with Crippen molar-refractivity contribution in [2.24, 2.45) is 11.8 Å². The third-order valence-corrected chi connectivity index (χ3v) is 5.42. The van der Waals surface area contributed by atoms with Crippen LogP contribution in [-0.4, -0.2) is 44.2 Å². The molecule has 0 radical (unpaired) electrons. The zero-order valence-electron chi connectivity index (χ0n) is 11.8. The van der Waals surface area contributed by atoms with E-state index in [-0.39, 0.29) is 17.2 Å². The fourth-order valence-corrected chi connectivity index (χ4v) is 4.10. The summed E-state index contributed by atoms with van der Waals surface area (Å²) in [5, 5.41) is 0. The van der Waals surface area contributed by atoms with E-state index in [9.17, 15) is 0 Å². The molecule has 2 heterocycles. The molecule has 3 unspecified atom stereocenters. The molecular formula is C14H26N2O3. The maximum atomic E-state index is 6.01. The van der Waals surface area contributed by atoms with E-state index in [1.807, 2.05) is 7.11 Å². The van der Waals surface area contributed by atoms with Crippen molar-refractivity contribution in [2.75, 3.05) is 26.9 Å². The van der Waals surface area contributed by atoms with Crippen molar-refractivity contribution < 1.29 is 14.2 Å². The first-order valence-electron chi connectivity index (χ1n) is 7.47. The van der Waals surface area contributed by atoms with Gasteiger partial charge in [-0.25, -0.2) is 0 Å². The predicted molar refractivity (Wildman–Crippen MR) is 71.5 cm³/mol. The van der Waals surface area contributed by atoms with Gasteiger partial charge in [-0.1, -0.05) is 0 Å². The Morgan fingerprint density at radius 1 is 1.32 bits per heavy atom. The van der Waals surface area contributed by atoms with Gasteiger partial charge < -0.3 is 14.2 Å². The Bertz CT molecular complexity index is 308. The number of rotatable bonds is 4. The van der Waals surface area contributed by atoms with Crippen molar-refractivity contribution in [3.63, 3.8) is 0 Å². The molecule has 3 atom stereocenters. The van der Waals surface area contributed by atoms with E-state index in [1.165, 1.54) is 6.42 Å². The molecule has 0 amide bonds. The molecule has 2 saturated heterocycles. The van der Waals surface area contributed by atoms with Gasteiger partial charge in [0.1, 0.15) is 0 Å². The van der Waals surface area contributed by atoms with Crippen LogP contribution < -0.4 is 11.3 Å². The molecule has 3 rings (SSSR count). The highest BCUT2D eigenvalue weighted by atomic mass is 16.6. The van der Waals surface area contributed by atoms with Crippen molar-refractivity contribution in [1.29, 1.82) is 0 Å². The molecule has 0 bridgehead atoms. The highest BCUT2D eigenvalue weighted by molar-refractivity contribution is 5.04. The molecule has 0 aromatic heterocycles. The van der Waals surface area contributed by atoms with Crippen LogP contribution in [-0.2, 0) is 14.2 Å². The molecule has 3 fully saturated rings. The molecule has 5 heteroatoms. The van der Waals surface area contributed by atoms with Crippen LogP contribution in [0.4, 0.5) is 0 Å². The highest BCUT2D eigenvalue weighted by Gasteiger charge is 2.51. The van der Waals surface area contributed by atoms with Crippen molar-refractivity contribution >= 4 is 0 Å². The van der Waals surface area contributed by atoms with Gasteiger partial charge in [-0.15, -0.1) is 0 Å². The lowest BCUT2D eigenvalue weighted by Crippen LogP contribution is -2.63. The van der Waals surface area contributed by atoms with Crippen LogP contribution in [0.15, 0.2) is 0 Å². The lowest BCUT2D eigenvalue weighted by molar-refractivity contribution is -0.148. The maximum Gasteiger partial charge on any atom is 0.0939 e. The summed E-state index contributed by atoms with van der Waals surface area (Å²) >= 11 is 0. The van der Waals surface area contributed by atoms with Crippen molar-refractivity contribution in [3.8, 4) is 0 Å². The second kappa shape index (κ2) is 5.30. The molecule has 3 aliphatic rings. The van der Waals surface area contributed by atoms with E-state index in [0.29, 0.717) is 5.92 Å². The summed E-state index contributed by atoms with van der Waals surface area (Å²) in [5.74, 6) is 6.37. The Morgan fingerprint density at radius 2 is 2.16 bits per heavy atom. The van der Waals surface area contributed by atoms with E-state index >= 15 is 0 Å². The average molecular weight is 270 g/mol. The third kappa shape index (κ3) is 2.32. The summed E-state index contributed by atoms with van der Waals surface area (Å²) < 4.78 is 17.4. The van der Waals surface area contributed by atoms with Gasteiger partial charge in [0.05, 0.1) is 23.9 Å². The number of hydrogen-bond acceptors (Lipinski definition) is 5. The molecule has 5 nitrogen and oxygen atoms in total. The lowest BCUT2D eigenvalue weighted by atomic mass is 9.67. The minimum Gasteiger partial charge on any atom is -0.378 e. The Balaban J connectivity index is 1.72. The second-order valence-electron chi connectivity index (χ2n) is 6.35. The predicted octanol–water partition coefficient (Wildman–Crippen LogP) is 0.973. The van der Waals surface area contributed by atoms with Crippen molar-refractivity contribution in [3.05, 3.63) is 0 Å². The second-order valence-corrected chi connectivity index (χ2v) is 6.35. The van der Waals surface area contributed by atoms with Gasteiger partial charge in [-0.2, -0.15) is 0 Å². The normalized spacial score (nSPS) is 39.2. The maximum absolute atomic E-state index is 6.01. The van der Waals surface area contributed by atoms with Gasteiger partial charge in [0, 0.05) is 26.7 Å². The van der Waals surface area contributed by atoms with Crippen LogP contribution in [0, 0.1) is 5.92 Å². The molecule has 0 aromatic carbocycles.